The molecule has 1 atom stereocenters. The fourth-order valence-electron chi connectivity index (χ4n) is 3.86. The zero-order valence-electron chi connectivity index (χ0n) is 14.9. The van der Waals surface area contributed by atoms with E-state index in [2.05, 4.69) is 20.6 Å². The predicted octanol–water partition coefficient (Wildman–Crippen LogP) is 3.30. The number of nitrogens with zero attached hydrogens (tertiary/aromatic N) is 3. The second-order valence-electron chi connectivity index (χ2n) is 7.01. The highest BCUT2D eigenvalue weighted by molar-refractivity contribution is 5.99. The van der Waals surface area contributed by atoms with Gasteiger partial charge in [-0.1, -0.05) is 0 Å². The Labute approximate surface area is 155 Å². The van der Waals surface area contributed by atoms with Crippen LogP contribution in [0.1, 0.15) is 17.7 Å². The standard InChI is InChI=1S/C20H19N5O2/c1-25-18-5-2-12(8-14(18)10-21-25)20(26)22-15-3-4-17-16(9-15)19(24-23-17)13-6-7-27-11-13/h3-4,6-7,9-12H,2,5,8H2,1H3,(H,22,26)(H,23,24)/t12-/m1/s1. The van der Waals surface area contributed by atoms with Crippen molar-refractivity contribution in [2.45, 2.75) is 19.3 Å². The Hall–Kier alpha value is -3.35. The molecular weight excluding hydrogens is 342 g/mol. The number of hydrogen-bond acceptors (Lipinski definition) is 4. The number of aromatic amines is 1. The number of hydrogen-bond donors (Lipinski definition) is 2. The number of aromatic nitrogens is 4. The van der Waals surface area contributed by atoms with Gasteiger partial charge in [-0.3, -0.25) is 14.6 Å². The Bertz CT molecular complexity index is 1120. The molecule has 0 saturated heterocycles. The Morgan fingerprint density at radius 1 is 1.37 bits per heavy atom. The second-order valence-corrected chi connectivity index (χ2v) is 7.01. The SMILES string of the molecule is Cn1ncc2c1CC[C@@H](C(=O)Nc1ccc3[nH]nc(-c4ccoc4)c3c1)C2. The van der Waals surface area contributed by atoms with Crippen LogP contribution in [0.4, 0.5) is 5.69 Å². The minimum Gasteiger partial charge on any atom is -0.472 e. The molecule has 0 unspecified atom stereocenters. The summed E-state index contributed by atoms with van der Waals surface area (Å²) in [5, 5.41) is 15.7. The van der Waals surface area contributed by atoms with Crippen molar-refractivity contribution in [3.05, 3.63) is 54.2 Å². The number of fused-ring (bicyclic) bond motifs is 2. The van der Waals surface area contributed by atoms with Crippen LogP contribution in [0.3, 0.4) is 0 Å². The molecule has 0 radical (unpaired) electrons. The van der Waals surface area contributed by atoms with Crippen molar-refractivity contribution in [1.82, 2.24) is 20.0 Å². The number of furan rings is 1. The minimum absolute atomic E-state index is 0.0323. The van der Waals surface area contributed by atoms with Crippen molar-refractivity contribution in [3.8, 4) is 11.3 Å². The Morgan fingerprint density at radius 2 is 2.30 bits per heavy atom. The van der Waals surface area contributed by atoms with Crippen LogP contribution in [0, 0.1) is 5.92 Å². The Kier molecular flexibility index (Phi) is 3.60. The molecular formula is C20H19N5O2. The van der Waals surface area contributed by atoms with Crippen molar-refractivity contribution in [2.75, 3.05) is 5.32 Å². The third-order valence-corrected chi connectivity index (χ3v) is 5.34. The van der Waals surface area contributed by atoms with Crippen LogP contribution in [0.2, 0.25) is 0 Å². The number of amides is 1. The van der Waals surface area contributed by atoms with E-state index in [1.807, 2.05) is 42.2 Å². The van der Waals surface area contributed by atoms with E-state index in [9.17, 15) is 4.79 Å². The van der Waals surface area contributed by atoms with Crippen LogP contribution in [0.5, 0.6) is 0 Å². The van der Waals surface area contributed by atoms with E-state index >= 15 is 0 Å². The average Bonchev–Trinajstić information content (AvgIpc) is 3.41. The maximum absolute atomic E-state index is 12.8. The molecule has 0 fully saturated rings. The van der Waals surface area contributed by atoms with E-state index in [1.54, 1.807) is 12.5 Å². The molecule has 1 aromatic carbocycles. The lowest BCUT2D eigenvalue weighted by molar-refractivity contribution is -0.120. The summed E-state index contributed by atoms with van der Waals surface area (Å²) in [5.41, 5.74) is 5.83. The van der Waals surface area contributed by atoms with Gasteiger partial charge in [0.15, 0.2) is 0 Å². The van der Waals surface area contributed by atoms with E-state index in [0.29, 0.717) is 0 Å². The quantitative estimate of drug-likeness (QED) is 0.586. The molecule has 4 aromatic rings. The largest absolute Gasteiger partial charge is 0.472 e. The molecule has 5 rings (SSSR count). The average molecular weight is 361 g/mol. The minimum atomic E-state index is -0.0323. The molecule has 0 spiro atoms. The third-order valence-electron chi connectivity index (χ3n) is 5.34. The summed E-state index contributed by atoms with van der Waals surface area (Å²) in [6.07, 6.45) is 7.63. The summed E-state index contributed by atoms with van der Waals surface area (Å²) in [5.74, 6) is 0.0206. The van der Waals surface area contributed by atoms with Gasteiger partial charge in [0.2, 0.25) is 5.91 Å². The first-order chi connectivity index (χ1) is 13.2. The first-order valence-corrected chi connectivity index (χ1v) is 9.00. The van der Waals surface area contributed by atoms with Gasteiger partial charge in [-0.15, -0.1) is 0 Å². The van der Waals surface area contributed by atoms with Crippen LogP contribution in [-0.4, -0.2) is 25.9 Å². The van der Waals surface area contributed by atoms with E-state index in [4.69, 9.17) is 4.42 Å². The van der Waals surface area contributed by atoms with E-state index in [1.165, 1.54) is 11.3 Å². The highest BCUT2D eigenvalue weighted by atomic mass is 16.3. The summed E-state index contributed by atoms with van der Waals surface area (Å²) >= 11 is 0. The van der Waals surface area contributed by atoms with E-state index < -0.39 is 0 Å². The zero-order valence-corrected chi connectivity index (χ0v) is 14.9. The predicted molar refractivity (Wildman–Crippen MR) is 101 cm³/mol. The topological polar surface area (TPSA) is 88.7 Å². The molecule has 136 valence electrons. The summed E-state index contributed by atoms with van der Waals surface area (Å²) in [4.78, 5) is 12.8. The summed E-state index contributed by atoms with van der Waals surface area (Å²) < 4.78 is 7.07. The molecule has 2 N–H and O–H groups in total. The van der Waals surface area contributed by atoms with Crippen molar-refractivity contribution in [3.63, 3.8) is 0 Å². The molecule has 1 aliphatic rings. The second kappa shape index (κ2) is 6.12. The zero-order chi connectivity index (χ0) is 18.4. The van der Waals surface area contributed by atoms with Gasteiger partial charge >= 0.3 is 0 Å². The smallest absolute Gasteiger partial charge is 0.227 e. The van der Waals surface area contributed by atoms with Gasteiger partial charge in [0.05, 0.1) is 24.2 Å². The molecule has 1 amide bonds. The lowest BCUT2D eigenvalue weighted by atomic mass is 9.87. The molecule has 3 heterocycles. The molecule has 3 aromatic heterocycles. The van der Waals surface area contributed by atoms with Gasteiger partial charge in [-0.2, -0.15) is 10.2 Å². The molecule has 27 heavy (non-hydrogen) atoms. The fourth-order valence-corrected chi connectivity index (χ4v) is 3.86. The summed E-state index contributed by atoms with van der Waals surface area (Å²) in [6, 6.07) is 7.66. The van der Waals surface area contributed by atoms with Gasteiger partial charge in [-0.25, -0.2) is 0 Å². The Balaban J connectivity index is 1.38. The van der Waals surface area contributed by atoms with Gasteiger partial charge in [0.25, 0.3) is 0 Å². The van der Waals surface area contributed by atoms with Crippen molar-refractivity contribution in [2.24, 2.45) is 13.0 Å². The molecule has 0 aliphatic heterocycles. The highest BCUT2D eigenvalue weighted by Gasteiger charge is 2.27. The molecule has 7 heteroatoms. The van der Waals surface area contributed by atoms with Crippen molar-refractivity contribution in [1.29, 1.82) is 0 Å². The van der Waals surface area contributed by atoms with Gasteiger partial charge in [0.1, 0.15) is 5.69 Å². The number of benzene rings is 1. The molecule has 0 bridgehead atoms. The van der Waals surface area contributed by atoms with Crippen LogP contribution < -0.4 is 5.32 Å². The Morgan fingerprint density at radius 3 is 3.15 bits per heavy atom. The maximum Gasteiger partial charge on any atom is 0.227 e. The summed E-state index contributed by atoms with van der Waals surface area (Å²) in [7, 11) is 1.96. The van der Waals surface area contributed by atoms with Crippen LogP contribution in [0.15, 0.2) is 47.4 Å². The van der Waals surface area contributed by atoms with E-state index in [0.717, 1.165) is 47.1 Å². The lowest BCUT2D eigenvalue weighted by Crippen LogP contribution is -2.28. The first kappa shape index (κ1) is 15.9. The first-order valence-electron chi connectivity index (χ1n) is 9.00. The highest BCUT2D eigenvalue weighted by Crippen LogP contribution is 2.30. The molecule has 7 nitrogen and oxygen atoms in total. The number of carbonyl (C=O) groups excluding carboxylic acids is 1. The maximum atomic E-state index is 12.8. The molecule has 0 saturated carbocycles. The van der Waals surface area contributed by atoms with E-state index in [-0.39, 0.29) is 11.8 Å². The number of carbonyl (C=O) groups is 1. The normalized spacial score (nSPS) is 16.4. The van der Waals surface area contributed by atoms with Gasteiger partial charge < -0.3 is 9.73 Å². The number of rotatable bonds is 3. The lowest BCUT2D eigenvalue weighted by Gasteiger charge is -2.21. The van der Waals surface area contributed by atoms with Crippen LogP contribution in [-0.2, 0) is 24.7 Å². The van der Waals surface area contributed by atoms with Crippen LogP contribution in [0.25, 0.3) is 22.2 Å². The number of H-pyrrole nitrogens is 1. The number of nitrogens with one attached hydrogen (secondary N) is 2. The fraction of sp³-hybridized carbons (Fsp3) is 0.250. The summed E-state index contributed by atoms with van der Waals surface area (Å²) in [6.45, 7) is 0. The monoisotopic (exact) mass is 361 g/mol. The van der Waals surface area contributed by atoms with Gasteiger partial charge in [0, 0.05) is 35.3 Å². The van der Waals surface area contributed by atoms with Crippen molar-refractivity contribution >= 4 is 22.5 Å². The van der Waals surface area contributed by atoms with Crippen molar-refractivity contribution < 1.29 is 9.21 Å². The number of anilines is 1. The van der Waals surface area contributed by atoms with Gasteiger partial charge in [-0.05, 0) is 49.1 Å². The third kappa shape index (κ3) is 2.71. The number of aryl methyl sites for hydroxylation is 1. The molecule has 1 aliphatic carbocycles. The van der Waals surface area contributed by atoms with Crippen LogP contribution >= 0.6 is 0 Å².